The van der Waals surface area contributed by atoms with Crippen LogP contribution >= 0.6 is 0 Å². The lowest BCUT2D eigenvalue weighted by atomic mass is 10.0. The molecule has 0 aromatic heterocycles. The molecule has 1 N–H and O–H groups in total. The molecular weight excluding hydrogens is 374 g/mol. The summed E-state index contributed by atoms with van der Waals surface area (Å²) in [4.78, 5) is 25.2. The number of hydrogen-bond donors (Lipinski definition) is 1. The lowest BCUT2D eigenvalue weighted by Crippen LogP contribution is -2.42. The minimum atomic E-state index is -0.378. The summed E-state index contributed by atoms with van der Waals surface area (Å²) in [5.41, 5.74) is 2.17. The summed E-state index contributed by atoms with van der Waals surface area (Å²) in [5, 5.41) is 14.4. The van der Waals surface area contributed by atoms with Gasteiger partial charge in [0.15, 0.2) is 11.5 Å². The molecule has 0 atom stereocenters. The monoisotopic (exact) mass is 399 g/mol. The molecule has 1 fully saturated rings. The van der Waals surface area contributed by atoms with Gasteiger partial charge in [0.05, 0.1) is 19.1 Å². The quantitative estimate of drug-likeness (QED) is 0.589. The third-order valence-corrected chi connectivity index (χ3v) is 5.18. The number of nitrogens with zero attached hydrogens (tertiary/aromatic N) is 2. The maximum Gasteiger partial charge on any atom is 0.272 e. The molecule has 1 saturated heterocycles. The van der Waals surface area contributed by atoms with E-state index in [0.717, 1.165) is 18.5 Å². The van der Waals surface area contributed by atoms with Crippen molar-refractivity contribution < 1.29 is 19.2 Å². The third kappa shape index (κ3) is 4.59. The summed E-state index contributed by atoms with van der Waals surface area (Å²) < 4.78 is 10.5. The zero-order valence-corrected chi connectivity index (χ0v) is 16.8. The average Bonchev–Trinajstić information content (AvgIpc) is 2.73. The molecule has 0 bridgehead atoms. The van der Waals surface area contributed by atoms with Crippen molar-refractivity contribution in [3.63, 3.8) is 0 Å². The van der Waals surface area contributed by atoms with Crippen LogP contribution in [0.2, 0.25) is 0 Å². The average molecular weight is 399 g/mol. The zero-order valence-electron chi connectivity index (χ0n) is 16.8. The van der Waals surface area contributed by atoms with Crippen molar-refractivity contribution in [1.29, 1.82) is 0 Å². The molecule has 8 nitrogen and oxygen atoms in total. The standard InChI is InChI=1S/C21H25N3O5/c1-14-12-17(5-6-18(14)24(26)27)22-16-8-10-23(11-9-16)21(25)15-4-7-19(28-2)20(13-15)29-3/h4-7,12-13,16,22H,8-11H2,1-3H3. The summed E-state index contributed by atoms with van der Waals surface area (Å²) in [5.74, 6) is 1.09. The normalized spacial score (nSPS) is 14.4. The molecule has 0 aliphatic carbocycles. The molecule has 8 heteroatoms. The molecule has 0 radical (unpaired) electrons. The van der Waals surface area contributed by atoms with E-state index in [1.54, 1.807) is 51.5 Å². The Morgan fingerprint density at radius 2 is 1.79 bits per heavy atom. The second kappa shape index (κ2) is 8.81. The summed E-state index contributed by atoms with van der Waals surface area (Å²) in [6.07, 6.45) is 1.60. The number of nitrogens with one attached hydrogen (secondary N) is 1. The highest BCUT2D eigenvalue weighted by Gasteiger charge is 2.24. The number of methoxy groups -OCH3 is 2. The highest BCUT2D eigenvalue weighted by atomic mass is 16.6. The molecule has 0 spiro atoms. The number of hydrogen-bond acceptors (Lipinski definition) is 6. The summed E-state index contributed by atoms with van der Waals surface area (Å²) in [6.45, 7) is 3.00. The van der Waals surface area contributed by atoms with E-state index in [2.05, 4.69) is 5.32 Å². The molecule has 2 aromatic carbocycles. The van der Waals surface area contributed by atoms with E-state index < -0.39 is 0 Å². The maximum atomic E-state index is 12.8. The first-order valence-corrected chi connectivity index (χ1v) is 9.45. The van der Waals surface area contributed by atoms with Gasteiger partial charge in [0, 0.05) is 42.0 Å². The molecular formula is C21H25N3O5. The van der Waals surface area contributed by atoms with Gasteiger partial charge in [-0.1, -0.05) is 0 Å². The largest absolute Gasteiger partial charge is 0.493 e. The number of aryl methyl sites for hydroxylation is 1. The Morgan fingerprint density at radius 3 is 2.38 bits per heavy atom. The highest BCUT2D eigenvalue weighted by molar-refractivity contribution is 5.95. The van der Waals surface area contributed by atoms with Gasteiger partial charge in [-0.15, -0.1) is 0 Å². The fourth-order valence-electron chi connectivity index (χ4n) is 3.56. The van der Waals surface area contributed by atoms with Crippen LogP contribution in [0.15, 0.2) is 36.4 Å². The maximum absolute atomic E-state index is 12.8. The number of likely N-dealkylation sites (tertiary alicyclic amines) is 1. The number of carbonyl (C=O) groups excluding carboxylic acids is 1. The summed E-state index contributed by atoms with van der Waals surface area (Å²) in [6, 6.07) is 10.4. The van der Waals surface area contributed by atoms with Crippen molar-refractivity contribution in [3.05, 3.63) is 57.6 Å². The van der Waals surface area contributed by atoms with Crippen molar-refractivity contribution in [2.45, 2.75) is 25.8 Å². The van der Waals surface area contributed by atoms with Crippen molar-refractivity contribution in [2.24, 2.45) is 0 Å². The van der Waals surface area contributed by atoms with Gasteiger partial charge in [-0.05, 0) is 50.1 Å². The number of nitro groups is 1. The number of anilines is 1. The number of rotatable bonds is 6. The van der Waals surface area contributed by atoms with E-state index in [-0.39, 0.29) is 22.6 Å². The van der Waals surface area contributed by atoms with Crippen molar-refractivity contribution in [2.75, 3.05) is 32.6 Å². The molecule has 1 heterocycles. The van der Waals surface area contributed by atoms with Crippen molar-refractivity contribution in [1.82, 2.24) is 4.90 Å². The van der Waals surface area contributed by atoms with Crippen molar-refractivity contribution in [3.8, 4) is 11.5 Å². The van der Waals surface area contributed by atoms with Crippen LogP contribution in [0.4, 0.5) is 11.4 Å². The Bertz CT molecular complexity index is 907. The van der Waals surface area contributed by atoms with Crippen LogP contribution in [0.3, 0.4) is 0 Å². The predicted octanol–water partition coefficient (Wildman–Crippen LogP) is 3.64. The van der Waals surface area contributed by atoms with Crippen LogP contribution < -0.4 is 14.8 Å². The SMILES string of the molecule is COc1ccc(C(=O)N2CCC(Nc3ccc([N+](=O)[O-])c(C)c3)CC2)cc1OC. The number of nitro benzene ring substituents is 1. The van der Waals surface area contributed by atoms with Crippen LogP contribution in [0.25, 0.3) is 0 Å². The topological polar surface area (TPSA) is 93.9 Å². The van der Waals surface area contributed by atoms with Gasteiger partial charge >= 0.3 is 0 Å². The van der Waals surface area contributed by atoms with Gasteiger partial charge in [0.2, 0.25) is 0 Å². The molecule has 1 aliphatic heterocycles. The smallest absolute Gasteiger partial charge is 0.272 e. The minimum absolute atomic E-state index is 0.0319. The number of piperidine rings is 1. The van der Waals surface area contributed by atoms with E-state index >= 15 is 0 Å². The molecule has 1 aliphatic rings. The van der Waals surface area contributed by atoms with E-state index in [1.165, 1.54) is 6.07 Å². The first-order valence-electron chi connectivity index (χ1n) is 9.45. The van der Waals surface area contributed by atoms with Gasteiger partial charge < -0.3 is 19.7 Å². The van der Waals surface area contributed by atoms with Crippen LogP contribution in [-0.2, 0) is 0 Å². The van der Waals surface area contributed by atoms with Gasteiger partial charge in [-0.25, -0.2) is 0 Å². The zero-order chi connectivity index (χ0) is 21.0. The van der Waals surface area contributed by atoms with E-state index in [4.69, 9.17) is 9.47 Å². The van der Waals surface area contributed by atoms with E-state index in [0.29, 0.717) is 35.7 Å². The molecule has 0 unspecified atom stereocenters. The molecule has 2 aromatic rings. The van der Waals surface area contributed by atoms with Gasteiger partial charge in [-0.3, -0.25) is 14.9 Å². The van der Waals surface area contributed by atoms with E-state index in [1.807, 2.05) is 4.90 Å². The Balaban J connectivity index is 1.60. The third-order valence-electron chi connectivity index (χ3n) is 5.18. The Kier molecular flexibility index (Phi) is 6.21. The predicted molar refractivity (Wildman–Crippen MR) is 110 cm³/mol. The molecule has 29 heavy (non-hydrogen) atoms. The van der Waals surface area contributed by atoms with Gasteiger partial charge in [0.1, 0.15) is 0 Å². The summed E-state index contributed by atoms with van der Waals surface area (Å²) in [7, 11) is 3.10. The molecule has 0 saturated carbocycles. The second-order valence-corrected chi connectivity index (χ2v) is 7.04. The van der Waals surface area contributed by atoms with Crippen molar-refractivity contribution >= 4 is 17.3 Å². The minimum Gasteiger partial charge on any atom is -0.493 e. The first-order chi connectivity index (χ1) is 13.9. The van der Waals surface area contributed by atoms with Crippen LogP contribution in [0, 0.1) is 17.0 Å². The van der Waals surface area contributed by atoms with Crippen LogP contribution in [-0.4, -0.2) is 49.1 Å². The van der Waals surface area contributed by atoms with Crippen LogP contribution in [0.5, 0.6) is 11.5 Å². The molecule has 3 rings (SSSR count). The van der Waals surface area contributed by atoms with Gasteiger partial charge in [0.25, 0.3) is 11.6 Å². The number of carbonyl (C=O) groups is 1. The number of amides is 1. The molecule has 1 amide bonds. The Hall–Kier alpha value is -3.29. The fourth-order valence-corrected chi connectivity index (χ4v) is 3.56. The Labute approximate surface area is 169 Å². The molecule has 154 valence electrons. The fraction of sp³-hybridized carbons (Fsp3) is 0.381. The van der Waals surface area contributed by atoms with Gasteiger partial charge in [-0.2, -0.15) is 0 Å². The number of ether oxygens (including phenoxy) is 2. The lowest BCUT2D eigenvalue weighted by molar-refractivity contribution is -0.385. The lowest BCUT2D eigenvalue weighted by Gasteiger charge is -2.33. The van der Waals surface area contributed by atoms with E-state index in [9.17, 15) is 14.9 Å². The first kappa shape index (κ1) is 20.4. The highest BCUT2D eigenvalue weighted by Crippen LogP contribution is 2.29. The van der Waals surface area contributed by atoms with Crippen LogP contribution in [0.1, 0.15) is 28.8 Å². The second-order valence-electron chi connectivity index (χ2n) is 7.04. The summed E-state index contributed by atoms with van der Waals surface area (Å²) >= 11 is 0. The number of benzene rings is 2. The Morgan fingerprint density at radius 1 is 1.10 bits per heavy atom.